The second-order valence-electron chi connectivity index (χ2n) is 5.72. The Balaban J connectivity index is 1.90. The SMILES string of the molecule is CCc1ccsc1C(=O)NCC1(O)CCC(C)CC1. The van der Waals surface area contributed by atoms with Crippen LogP contribution in [0.3, 0.4) is 0 Å². The molecule has 1 aromatic rings. The van der Waals surface area contributed by atoms with E-state index >= 15 is 0 Å². The molecule has 1 amide bonds. The van der Waals surface area contributed by atoms with Crippen LogP contribution in [0.2, 0.25) is 0 Å². The molecule has 2 rings (SSSR count). The van der Waals surface area contributed by atoms with Crippen molar-refractivity contribution in [2.45, 2.75) is 51.6 Å². The Bertz CT molecular complexity index is 433. The number of hydrogen-bond acceptors (Lipinski definition) is 3. The lowest BCUT2D eigenvalue weighted by atomic mass is 9.79. The molecule has 1 fully saturated rings. The summed E-state index contributed by atoms with van der Waals surface area (Å²) in [5, 5.41) is 15.3. The molecule has 0 bridgehead atoms. The van der Waals surface area contributed by atoms with E-state index in [0.29, 0.717) is 12.5 Å². The Morgan fingerprint density at radius 2 is 2.21 bits per heavy atom. The molecule has 1 heterocycles. The van der Waals surface area contributed by atoms with Crippen LogP contribution >= 0.6 is 11.3 Å². The molecule has 0 aliphatic heterocycles. The van der Waals surface area contributed by atoms with Crippen LogP contribution in [-0.2, 0) is 6.42 Å². The van der Waals surface area contributed by atoms with Crippen molar-refractivity contribution in [1.29, 1.82) is 0 Å². The highest BCUT2D eigenvalue weighted by Crippen LogP contribution is 2.31. The quantitative estimate of drug-likeness (QED) is 0.891. The second-order valence-corrected chi connectivity index (χ2v) is 6.63. The fourth-order valence-corrected chi connectivity index (χ4v) is 3.53. The molecular formula is C15H23NO2S. The number of carbonyl (C=O) groups is 1. The lowest BCUT2D eigenvalue weighted by Gasteiger charge is -2.34. The van der Waals surface area contributed by atoms with Crippen molar-refractivity contribution in [2.75, 3.05) is 6.54 Å². The molecule has 3 nitrogen and oxygen atoms in total. The van der Waals surface area contributed by atoms with Gasteiger partial charge < -0.3 is 10.4 Å². The summed E-state index contributed by atoms with van der Waals surface area (Å²) >= 11 is 1.47. The number of hydrogen-bond donors (Lipinski definition) is 2. The van der Waals surface area contributed by atoms with Crippen LogP contribution in [0.5, 0.6) is 0 Å². The predicted octanol–water partition coefficient (Wildman–Crippen LogP) is 2.98. The van der Waals surface area contributed by atoms with Crippen molar-refractivity contribution < 1.29 is 9.90 Å². The van der Waals surface area contributed by atoms with E-state index in [4.69, 9.17) is 0 Å². The van der Waals surface area contributed by atoms with Gasteiger partial charge >= 0.3 is 0 Å². The third-order valence-electron chi connectivity index (χ3n) is 4.12. The molecule has 4 heteroatoms. The molecule has 0 aromatic carbocycles. The number of carbonyl (C=O) groups excluding carboxylic acids is 1. The van der Waals surface area contributed by atoms with E-state index in [9.17, 15) is 9.90 Å². The topological polar surface area (TPSA) is 49.3 Å². The highest BCUT2D eigenvalue weighted by atomic mass is 32.1. The van der Waals surface area contributed by atoms with Gasteiger partial charge in [-0.3, -0.25) is 4.79 Å². The van der Waals surface area contributed by atoms with E-state index in [1.54, 1.807) is 0 Å². The minimum Gasteiger partial charge on any atom is -0.388 e. The monoisotopic (exact) mass is 281 g/mol. The maximum atomic E-state index is 12.1. The molecule has 0 radical (unpaired) electrons. The molecule has 0 spiro atoms. The molecule has 1 aliphatic carbocycles. The van der Waals surface area contributed by atoms with E-state index in [0.717, 1.165) is 42.5 Å². The lowest BCUT2D eigenvalue weighted by molar-refractivity contribution is -0.00537. The second kappa shape index (κ2) is 6.06. The molecule has 2 N–H and O–H groups in total. The minimum absolute atomic E-state index is 0.0427. The summed E-state index contributed by atoms with van der Waals surface area (Å²) in [4.78, 5) is 12.9. The van der Waals surface area contributed by atoms with Crippen molar-refractivity contribution in [1.82, 2.24) is 5.32 Å². The van der Waals surface area contributed by atoms with Gasteiger partial charge in [-0.1, -0.05) is 13.8 Å². The van der Waals surface area contributed by atoms with E-state index in [-0.39, 0.29) is 5.91 Å². The van der Waals surface area contributed by atoms with Gasteiger partial charge in [-0.15, -0.1) is 11.3 Å². The first-order chi connectivity index (χ1) is 9.04. The molecular weight excluding hydrogens is 258 g/mol. The molecule has 106 valence electrons. The zero-order valence-corrected chi connectivity index (χ0v) is 12.6. The van der Waals surface area contributed by atoms with Crippen LogP contribution in [0.15, 0.2) is 11.4 Å². The predicted molar refractivity (Wildman–Crippen MR) is 78.6 cm³/mol. The number of amides is 1. The van der Waals surface area contributed by atoms with Crippen molar-refractivity contribution in [2.24, 2.45) is 5.92 Å². The highest BCUT2D eigenvalue weighted by Gasteiger charge is 2.32. The van der Waals surface area contributed by atoms with Crippen LogP contribution in [0.1, 0.15) is 54.8 Å². The number of aliphatic hydroxyl groups is 1. The Morgan fingerprint density at radius 1 is 1.53 bits per heavy atom. The number of nitrogens with one attached hydrogen (secondary N) is 1. The summed E-state index contributed by atoms with van der Waals surface area (Å²) < 4.78 is 0. The lowest BCUT2D eigenvalue weighted by Crippen LogP contribution is -2.45. The smallest absolute Gasteiger partial charge is 0.261 e. The fourth-order valence-electron chi connectivity index (χ4n) is 2.61. The van der Waals surface area contributed by atoms with Crippen LogP contribution in [-0.4, -0.2) is 23.2 Å². The first kappa shape index (κ1) is 14.5. The molecule has 0 saturated heterocycles. The van der Waals surface area contributed by atoms with Gasteiger partial charge in [0.1, 0.15) is 0 Å². The maximum Gasteiger partial charge on any atom is 0.261 e. The average molecular weight is 281 g/mol. The average Bonchev–Trinajstić information content (AvgIpc) is 2.88. The van der Waals surface area contributed by atoms with Crippen molar-refractivity contribution in [3.8, 4) is 0 Å². The summed E-state index contributed by atoms with van der Waals surface area (Å²) in [5.74, 6) is 0.652. The minimum atomic E-state index is -0.703. The van der Waals surface area contributed by atoms with E-state index in [2.05, 4.69) is 19.2 Å². The van der Waals surface area contributed by atoms with Gasteiger partial charge in [0.05, 0.1) is 10.5 Å². The summed E-state index contributed by atoms with van der Waals surface area (Å²) in [6.07, 6.45) is 4.55. The first-order valence-corrected chi connectivity index (χ1v) is 7.99. The standard InChI is InChI=1S/C15H23NO2S/c1-3-12-6-9-19-13(12)14(17)16-10-15(18)7-4-11(2)5-8-15/h6,9,11,18H,3-5,7-8,10H2,1-2H3,(H,16,17). The Hall–Kier alpha value is -0.870. The molecule has 1 aliphatic rings. The molecule has 1 aromatic heterocycles. The molecule has 19 heavy (non-hydrogen) atoms. The molecule has 1 saturated carbocycles. The van der Waals surface area contributed by atoms with Gasteiger partial charge in [-0.25, -0.2) is 0 Å². The van der Waals surface area contributed by atoms with Crippen LogP contribution < -0.4 is 5.32 Å². The maximum absolute atomic E-state index is 12.1. The largest absolute Gasteiger partial charge is 0.388 e. The Morgan fingerprint density at radius 3 is 2.84 bits per heavy atom. The van der Waals surface area contributed by atoms with Crippen LogP contribution in [0, 0.1) is 5.92 Å². The fraction of sp³-hybridized carbons (Fsp3) is 0.667. The number of rotatable bonds is 4. The van der Waals surface area contributed by atoms with Crippen LogP contribution in [0.25, 0.3) is 0 Å². The van der Waals surface area contributed by atoms with Crippen molar-refractivity contribution in [3.05, 3.63) is 21.9 Å². The summed E-state index contributed by atoms with van der Waals surface area (Å²) in [6.45, 7) is 4.64. The highest BCUT2D eigenvalue weighted by molar-refractivity contribution is 7.12. The van der Waals surface area contributed by atoms with Gasteiger partial charge in [0, 0.05) is 6.54 Å². The zero-order chi connectivity index (χ0) is 13.9. The van der Waals surface area contributed by atoms with Gasteiger partial charge in [0.15, 0.2) is 0 Å². The first-order valence-electron chi connectivity index (χ1n) is 7.11. The third-order valence-corrected chi connectivity index (χ3v) is 5.07. The van der Waals surface area contributed by atoms with E-state index in [1.807, 2.05) is 11.4 Å². The van der Waals surface area contributed by atoms with E-state index in [1.165, 1.54) is 11.3 Å². The zero-order valence-electron chi connectivity index (χ0n) is 11.7. The number of aryl methyl sites for hydroxylation is 1. The van der Waals surface area contributed by atoms with Gasteiger partial charge in [-0.2, -0.15) is 0 Å². The van der Waals surface area contributed by atoms with E-state index < -0.39 is 5.60 Å². The Kier molecular flexibility index (Phi) is 4.63. The van der Waals surface area contributed by atoms with Gasteiger partial charge in [-0.05, 0) is 55.0 Å². The summed E-state index contributed by atoms with van der Waals surface area (Å²) in [6, 6.07) is 2.00. The summed E-state index contributed by atoms with van der Waals surface area (Å²) in [7, 11) is 0. The Labute approximate surface area is 119 Å². The molecule has 0 atom stereocenters. The van der Waals surface area contributed by atoms with Crippen molar-refractivity contribution >= 4 is 17.2 Å². The van der Waals surface area contributed by atoms with Crippen LogP contribution in [0.4, 0.5) is 0 Å². The molecule has 0 unspecified atom stereocenters. The normalized spacial score (nSPS) is 27.2. The number of thiophene rings is 1. The van der Waals surface area contributed by atoms with Crippen molar-refractivity contribution in [3.63, 3.8) is 0 Å². The third kappa shape index (κ3) is 3.57. The summed E-state index contributed by atoms with van der Waals surface area (Å²) in [5.41, 5.74) is 0.387. The van der Waals surface area contributed by atoms with Gasteiger partial charge in [0.2, 0.25) is 0 Å². The van der Waals surface area contributed by atoms with Gasteiger partial charge in [0.25, 0.3) is 5.91 Å².